The van der Waals surface area contributed by atoms with Gasteiger partial charge in [-0.15, -0.1) is 0 Å². The van der Waals surface area contributed by atoms with Crippen LogP contribution in [-0.2, 0) is 22.6 Å². The summed E-state index contributed by atoms with van der Waals surface area (Å²) in [5.74, 6) is -0.881. The summed E-state index contributed by atoms with van der Waals surface area (Å²) in [7, 11) is 1.28. The fourth-order valence-electron chi connectivity index (χ4n) is 2.85. The van der Waals surface area contributed by atoms with Gasteiger partial charge in [-0.25, -0.2) is 4.79 Å². The number of rotatable bonds is 6. The summed E-state index contributed by atoms with van der Waals surface area (Å²) in [6.07, 6.45) is -0.258. The van der Waals surface area contributed by atoms with Crippen molar-refractivity contribution < 1.29 is 24.2 Å². The molecule has 26 heavy (non-hydrogen) atoms. The summed E-state index contributed by atoms with van der Waals surface area (Å²) in [6.45, 7) is 0.439. The van der Waals surface area contributed by atoms with E-state index in [0.717, 1.165) is 10.9 Å². The highest BCUT2D eigenvalue weighted by molar-refractivity contribution is 6.00. The van der Waals surface area contributed by atoms with E-state index in [1.54, 1.807) is 24.3 Å². The van der Waals surface area contributed by atoms with E-state index in [2.05, 4.69) is 0 Å². The molecular weight excluding hydrogens is 332 g/mol. The number of hydrogen-bond donors (Lipinski definition) is 1. The molecule has 0 spiro atoms. The smallest absolute Gasteiger partial charge is 0.338 e. The van der Waals surface area contributed by atoms with Crippen molar-refractivity contribution in [3.05, 3.63) is 77.4 Å². The summed E-state index contributed by atoms with van der Waals surface area (Å²) >= 11 is 0. The quantitative estimate of drug-likeness (QED) is 0.684. The number of aliphatic carboxylic acids is 1. The van der Waals surface area contributed by atoms with Crippen molar-refractivity contribution in [2.75, 3.05) is 7.11 Å². The Kier molecular flexibility index (Phi) is 5.17. The lowest BCUT2D eigenvalue weighted by Gasteiger charge is -2.12. The molecule has 0 heterocycles. The van der Waals surface area contributed by atoms with Crippen LogP contribution in [0.25, 0.3) is 10.8 Å². The van der Waals surface area contributed by atoms with Crippen LogP contribution in [0.2, 0.25) is 0 Å². The van der Waals surface area contributed by atoms with E-state index in [9.17, 15) is 14.7 Å². The van der Waals surface area contributed by atoms with Crippen molar-refractivity contribution >= 4 is 22.7 Å². The van der Waals surface area contributed by atoms with Crippen LogP contribution >= 0.6 is 0 Å². The predicted molar refractivity (Wildman–Crippen MR) is 97.4 cm³/mol. The van der Waals surface area contributed by atoms with Crippen molar-refractivity contribution in [1.82, 2.24) is 0 Å². The molecule has 3 aromatic carbocycles. The lowest BCUT2D eigenvalue weighted by atomic mass is 9.96. The van der Waals surface area contributed by atoms with E-state index in [1.807, 2.05) is 36.4 Å². The van der Waals surface area contributed by atoms with Gasteiger partial charge in [0.2, 0.25) is 0 Å². The number of hydrogen-bond acceptors (Lipinski definition) is 4. The van der Waals surface area contributed by atoms with Crippen molar-refractivity contribution in [3.63, 3.8) is 0 Å². The van der Waals surface area contributed by atoms with Crippen LogP contribution < -0.4 is 4.74 Å². The third kappa shape index (κ3) is 3.83. The summed E-state index contributed by atoms with van der Waals surface area (Å²) in [6, 6.07) is 18.6. The lowest BCUT2D eigenvalue weighted by molar-refractivity contribution is -0.136. The van der Waals surface area contributed by atoms with Crippen LogP contribution in [0, 0.1) is 0 Å². The van der Waals surface area contributed by atoms with Gasteiger partial charge in [0.15, 0.2) is 0 Å². The molecule has 0 amide bonds. The Morgan fingerprint density at radius 3 is 2.46 bits per heavy atom. The first-order chi connectivity index (χ1) is 12.6. The maximum absolute atomic E-state index is 11.9. The van der Waals surface area contributed by atoms with E-state index < -0.39 is 11.9 Å². The minimum Gasteiger partial charge on any atom is -0.489 e. The zero-order chi connectivity index (χ0) is 18.5. The van der Waals surface area contributed by atoms with E-state index in [1.165, 1.54) is 7.11 Å². The van der Waals surface area contributed by atoms with Crippen LogP contribution in [0.15, 0.2) is 60.7 Å². The van der Waals surface area contributed by atoms with Gasteiger partial charge in [0.25, 0.3) is 0 Å². The Bertz CT molecular complexity index is 947. The Labute approximate surface area is 150 Å². The second-order valence-corrected chi connectivity index (χ2v) is 5.81. The fourth-order valence-corrected chi connectivity index (χ4v) is 2.85. The fraction of sp³-hybridized carbons (Fsp3) is 0.143. The van der Waals surface area contributed by atoms with Crippen molar-refractivity contribution in [2.45, 2.75) is 13.0 Å². The van der Waals surface area contributed by atoms with Crippen molar-refractivity contribution in [1.29, 1.82) is 0 Å². The standard InChI is InChI=1S/C21H18O5/c1-25-21(24)18-9-7-15-11-16(26-13-14-5-3-2-4-6-14)8-10-17(15)19(18)12-20(22)23/h2-11H,12-13H2,1H3,(H,22,23). The molecular formula is C21H18O5. The number of esters is 1. The zero-order valence-corrected chi connectivity index (χ0v) is 14.3. The van der Waals surface area contributed by atoms with Crippen LogP contribution in [-0.4, -0.2) is 24.2 Å². The summed E-state index contributed by atoms with van der Waals surface area (Å²) < 4.78 is 10.6. The molecule has 1 N–H and O–H groups in total. The molecule has 0 unspecified atom stereocenters. The Morgan fingerprint density at radius 2 is 1.77 bits per heavy atom. The molecule has 3 aromatic rings. The van der Waals surface area contributed by atoms with Gasteiger partial charge in [0, 0.05) is 0 Å². The van der Waals surface area contributed by atoms with E-state index in [-0.39, 0.29) is 12.0 Å². The first kappa shape index (κ1) is 17.5. The molecule has 0 aliphatic carbocycles. The van der Waals surface area contributed by atoms with Crippen LogP contribution in [0.3, 0.4) is 0 Å². The second-order valence-electron chi connectivity index (χ2n) is 5.81. The van der Waals surface area contributed by atoms with Crippen LogP contribution in [0.1, 0.15) is 21.5 Å². The molecule has 0 aromatic heterocycles. The average molecular weight is 350 g/mol. The highest BCUT2D eigenvalue weighted by Gasteiger charge is 2.17. The lowest BCUT2D eigenvalue weighted by Crippen LogP contribution is -2.10. The van der Waals surface area contributed by atoms with Gasteiger partial charge in [0.1, 0.15) is 12.4 Å². The second kappa shape index (κ2) is 7.70. The van der Waals surface area contributed by atoms with Gasteiger partial charge in [-0.2, -0.15) is 0 Å². The number of fused-ring (bicyclic) bond motifs is 1. The van der Waals surface area contributed by atoms with Gasteiger partial charge in [-0.3, -0.25) is 4.79 Å². The molecule has 3 rings (SSSR count). The minimum absolute atomic E-state index is 0.258. The summed E-state index contributed by atoms with van der Waals surface area (Å²) in [4.78, 5) is 23.2. The maximum Gasteiger partial charge on any atom is 0.338 e. The average Bonchev–Trinajstić information content (AvgIpc) is 2.66. The first-order valence-electron chi connectivity index (χ1n) is 8.11. The Balaban J connectivity index is 1.94. The van der Waals surface area contributed by atoms with Crippen LogP contribution in [0.4, 0.5) is 0 Å². The topological polar surface area (TPSA) is 72.8 Å². The van der Waals surface area contributed by atoms with Gasteiger partial charge in [-0.1, -0.05) is 42.5 Å². The van der Waals surface area contributed by atoms with Crippen molar-refractivity contribution in [3.8, 4) is 5.75 Å². The Hall–Kier alpha value is -3.34. The number of ether oxygens (including phenoxy) is 2. The maximum atomic E-state index is 11.9. The number of methoxy groups -OCH3 is 1. The number of carboxylic acid groups (broad SMARTS) is 1. The number of carbonyl (C=O) groups excluding carboxylic acids is 1. The van der Waals surface area contributed by atoms with Gasteiger partial charge in [-0.05, 0) is 40.1 Å². The Morgan fingerprint density at radius 1 is 1.00 bits per heavy atom. The number of carboxylic acids is 1. The van der Waals surface area contributed by atoms with E-state index in [0.29, 0.717) is 23.3 Å². The van der Waals surface area contributed by atoms with Gasteiger partial charge >= 0.3 is 11.9 Å². The molecule has 0 radical (unpaired) electrons. The highest BCUT2D eigenvalue weighted by atomic mass is 16.5. The molecule has 0 fully saturated rings. The van der Waals surface area contributed by atoms with Crippen LogP contribution in [0.5, 0.6) is 5.75 Å². The largest absolute Gasteiger partial charge is 0.489 e. The summed E-state index contributed by atoms with van der Waals surface area (Å²) in [5.41, 5.74) is 1.76. The number of carbonyl (C=O) groups is 2. The molecule has 0 saturated carbocycles. The number of benzene rings is 3. The summed E-state index contributed by atoms with van der Waals surface area (Å²) in [5, 5.41) is 10.7. The first-order valence-corrected chi connectivity index (χ1v) is 8.11. The third-order valence-corrected chi connectivity index (χ3v) is 4.08. The zero-order valence-electron chi connectivity index (χ0n) is 14.3. The third-order valence-electron chi connectivity index (χ3n) is 4.08. The van der Waals surface area contributed by atoms with E-state index >= 15 is 0 Å². The van der Waals surface area contributed by atoms with Crippen molar-refractivity contribution in [2.24, 2.45) is 0 Å². The molecule has 0 atom stereocenters. The van der Waals surface area contributed by atoms with Gasteiger partial charge < -0.3 is 14.6 Å². The normalized spacial score (nSPS) is 10.5. The van der Waals surface area contributed by atoms with Gasteiger partial charge in [0.05, 0.1) is 19.1 Å². The SMILES string of the molecule is COC(=O)c1ccc2cc(OCc3ccccc3)ccc2c1CC(=O)O. The molecule has 0 aliphatic heterocycles. The molecule has 5 heteroatoms. The highest BCUT2D eigenvalue weighted by Crippen LogP contribution is 2.28. The molecule has 132 valence electrons. The monoisotopic (exact) mass is 350 g/mol. The minimum atomic E-state index is -1.01. The molecule has 0 aliphatic rings. The van der Waals surface area contributed by atoms with E-state index in [4.69, 9.17) is 9.47 Å². The molecule has 0 saturated heterocycles. The molecule has 0 bridgehead atoms. The molecule has 5 nitrogen and oxygen atoms in total. The predicted octanol–water partition coefficient (Wildman–Crippen LogP) is 3.83.